The first-order valence-electron chi connectivity index (χ1n) is 11.4. The Morgan fingerprint density at radius 1 is 1.38 bits per heavy atom. The Morgan fingerprint density at radius 2 is 2.15 bits per heavy atom. The molecule has 0 saturated heterocycles. The second-order valence-corrected chi connectivity index (χ2v) is 10.6. The summed E-state index contributed by atoms with van der Waals surface area (Å²) in [5, 5.41) is 9.75. The van der Waals surface area contributed by atoms with Crippen molar-refractivity contribution in [2.75, 3.05) is 26.7 Å². The molecule has 0 unspecified atom stereocenters. The maximum Gasteiger partial charge on any atom is 0.247 e. The van der Waals surface area contributed by atoms with Gasteiger partial charge in [-0.3, -0.25) is 9.78 Å². The lowest BCUT2D eigenvalue weighted by atomic mass is 10.0. The van der Waals surface area contributed by atoms with E-state index in [0.29, 0.717) is 0 Å². The third kappa shape index (κ3) is 5.84. The average Bonchev–Trinajstić information content (AvgIpc) is 2.81. The molecule has 0 saturated carbocycles. The zero-order chi connectivity index (χ0) is 24.9. The van der Waals surface area contributed by atoms with E-state index in [1.807, 2.05) is 32.1 Å². The highest BCUT2D eigenvalue weighted by atomic mass is 32.2. The lowest BCUT2D eigenvalue weighted by Crippen LogP contribution is -2.50. The molecule has 1 aliphatic rings. The van der Waals surface area contributed by atoms with Crippen LogP contribution in [0.3, 0.4) is 0 Å². The van der Waals surface area contributed by atoms with Crippen LogP contribution in [0.5, 0.6) is 5.75 Å². The summed E-state index contributed by atoms with van der Waals surface area (Å²) in [6.45, 7) is 5.61. The van der Waals surface area contributed by atoms with Crippen molar-refractivity contribution in [1.29, 1.82) is 0 Å². The maximum absolute atomic E-state index is 13.5. The van der Waals surface area contributed by atoms with Crippen LogP contribution in [0.2, 0.25) is 0 Å². The van der Waals surface area contributed by atoms with Gasteiger partial charge in [0.1, 0.15) is 16.7 Å². The molecule has 1 aromatic carbocycles. The number of carbonyl (C=O) groups excluding carboxylic acids is 1. The summed E-state index contributed by atoms with van der Waals surface area (Å²) < 4.78 is 34.6. The number of amides is 1. The van der Waals surface area contributed by atoms with Gasteiger partial charge >= 0.3 is 0 Å². The molecular formula is C25H33N3O5S. The van der Waals surface area contributed by atoms with Gasteiger partial charge in [0.25, 0.3) is 0 Å². The Kier molecular flexibility index (Phi) is 8.46. The summed E-state index contributed by atoms with van der Waals surface area (Å²) in [7, 11) is -2.17. The highest BCUT2D eigenvalue weighted by molar-refractivity contribution is 7.89. The molecule has 184 valence electrons. The van der Waals surface area contributed by atoms with Crippen LogP contribution in [-0.2, 0) is 21.2 Å². The van der Waals surface area contributed by atoms with Crippen molar-refractivity contribution < 1.29 is 23.1 Å². The van der Waals surface area contributed by atoms with Gasteiger partial charge < -0.3 is 14.7 Å². The van der Waals surface area contributed by atoms with Crippen molar-refractivity contribution in [2.24, 2.45) is 5.92 Å². The van der Waals surface area contributed by atoms with Crippen LogP contribution in [0.15, 0.2) is 53.7 Å². The highest BCUT2D eigenvalue weighted by Gasteiger charge is 2.38. The predicted octanol–water partition coefficient (Wildman–Crippen LogP) is 2.58. The number of pyridine rings is 1. The molecule has 0 aliphatic carbocycles. The first-order valence-corrected chi connectivity index (χ1v) is 12.8. The minimum absolute atomic E-state index is 0.0577. The van der Waals surface area contributed by atoms with E-state index < -0.39 is 22.2 Å². The molecule has 1 aromatic heterocycles. The van der Waals surface area contributed by atoms with Crippen molar-refractivity contribution in [1.82, 2.24) is 14.2 Å². The van der Waals surface area contributed by atoms with Gasteiger partial charge in [-0.2, -0.15) is 4.31 Å². The fourth-order valence-electron chi connectivity index (χ4n) is 3.94. The van der Waals surface area contributed by atoms with E-state index in [2.05, 4.69) is 4.98 Å². The molecule has 0 radical (unpaired) electrons. The van der Waals surface area contributed by atoms with E-state index in [4.69, 9.17) is 4.74 Å². The molecule has 1 N–H and O–H groups in total. The topological polar surface area (TPSA) is 100 Å². The number of sulfonamides is 1. The van der Waals surface area contributed by atoms with Gasteiger partial charge in [0.05, 0.1) is 19.6 Å². The van der Waals surface area contributed by atoms with E-state index in [1.165, 1.54) is 4.31 Å². The van der Waals surface area contributed by atoms with Gasteiger partial charge in [-0.25, -0.2) is 8.42 Å². The number of ether oxygens (including phenoxy) is 1. The Morgan fingerprint density at radius 3 is 2.79 bits per heavy atom. The van der Waals surface area contributed by atoms with Crippen molar-refractivity contribution >= 4 is 22.0 Å². The molecule has 0 bridgehead atoms. The highest BCUT2D eigenvalue weighted by Crippen LogP contribution is 2.34. The largest absolute Gasteiger partial charge is 0.487 e. The third-order valence-corrected chi connectivity index (χ3v) is 8.03. The fraction of sp³-hybridized carbons (Fsp3) is 0.440. The predicted molar refractivity (Wildman–Crippen MR) is 131 cm³/mol. The second-order valence-electron chi connectivity index (χ2n) is 8.76. The number of hydrogen-bond acceptors (Lipinski definition) is 6. The number of aromatic nitrogens is 1. The van der Waals surface area contributed by atoms with Gasteiger partial charge in [-0.05, 0) is 43.2 Å². The number of fused-ring (bicyclic) bond motifs is 1. The molecule has 9 heteroatoms. The smallest absolute Gasteiger partial charge is 0.247 e. The van der Waals surface area contributed by atoms with Crippen LogP contribution in [-0.4, -0.2) is 72.5 Å². The van der Waals surface area contributed by atoms with Crippen molar-refractivity contribution in [3.63, 3.8) is 0 Å². The van der Waals surface area contributed by atoms with E-state index >= 15 is 0 Å². The van der Waals surface area contributed by atoms with Crippen LogP contribution >= 0.6 is 0 Å². The lowest BCUT2D eigenvalue weighted by molar-refractivity contribution is -0.130. The summed E-state index contributed by atoms with van der Waals surface area (Å²) in [5.41, 5.74) is 1.63. The maximum atomic E-state index is 13.5. The van der Waals surface area contributed by atoms with Crippen molar-refractivity contribution in [2.45, 2.75) is 44.2 Å². The summed E-state index contributed by atoms with van der Waals surface area (Å²) in [5.74, 6) is -0.0757. The number of benzene rings is 1. The molecule has 0 spiro atoms. The van der Waals surface area contributed by atoms with Gasteiger partial charge in [0.2, 0.25) is 15.9 Å². The number of carbonyl (C=O) groups is 1. The standard InChI is InChI=1S/C25H33N3O5S/c1-5-7-20-9-10-24-22(12-20)33-23(18(2)15-28(19(3)17-29)34(24,31)32)16-27(4)25(30)13-21-8-6-11-26-14-21/h5-12,14,18-19,23,29H,13,15-17H2,1-4H3/t18-,19-,23+/m1/s1. The first kappa shape index (κ1) is 25.9. The molecule has 3 rings (SSSR count). The Balaban J connectivity index is 1.94. The molecule has 2 heterocycles. The Bertz CT molecular complexity index is 1120. The van der Waals surface area contributed by atoms with E-state index in [-0.39, 0.29) is 48.6 Å². The fourth-order valence-corrected chi connectivity index (χ4v) is 5.77. The molecule has 8 nitrogen and oxygen atoms in total. The minimum atomic E-state index is -3.89. The van der Waals surface area contributed by atoms with Crippen LogP contribution < -0.4 is 4.74 Å². The monoisotopic (exact) mass is 487 g/mol. The number of rotatable bonds is 7. The molecule has 2 aromatic rings. The van der Waals surface area contributed by atoms with Gasteiger partial charge in [-0.1, -0.05) is 31.2 Å². The van der Waals surface area contributed by atoms with Crippen LogP contribution in [0, 0.1) is 5.92 Å². The van der Waals surface area contributed by atoms with E-state index in [0.717, 1.165) is 11.1 Å². The summed E-state index contributed by atoms with van der Waals surface area (Å²) in [6, 6.07) is 8.02. The second kappa shape index (κ2) is 11.1. The number of nitrogens with zero attached hydrogens (tertiary/aromatic N) is 3. The molecular weight excluding hydrogens is 454 g/mol. The zero-order valence-electron chi connectivity index (χ0n) is 20.1. The average molecular weight is 488 g/mol. The number of hydrogen-bond donors (Lipinski definition) is 1. The summed E-state index contributed by atoms with van der Waals surface area (Å²) in [4.78, 5) is 18.6. The van der Waals surface area contributed by atoms with Crippen molar-refractivity contribution in [3.05, 3.63) is 59.9 Å². The summed E-state index contributed by atoms with van der Waals surface area (Å²) in [6.07, 6.45) is 6.82. The summed E-state index contributed by atoms with van der Waals surface area (Å²) >= 11 is 0. The SMILES string of the molecule is CC=Cc1ccc2c(c1)O[C@@H](CN(C)C(=O)Cc1cccnc1)[C@H](C)CN([C@H](C)CO)S2(=O)=O. The first-order chi connectivity index (χ1) is 16.2. The quantitative estimate of drug-likeness (QED) is 0.644. The van der Waals surface area contributed by atoms with Gasteiger partial charge in [0.15, 0.2) is 0 Å². The molecule has 1 amide bonds. The van der Waals surface area contributed by atoms with Gasteiger partial charge in [0, 0.05) is 37.9 Å². The van der Waals surface area contributed by atoms with E-state index in [9.17, 15) is 18.3 Å². The normalized spacial score (nSPS) is 21.2. The number of allylic oxidation sites excluding steroid dienone is 1. The molecule has 34 heavy (non-hydrogen) atoms. The van der Waals surface area contributed by atoms with Crippen LogP contribution in [0.25, 0.3) is 6.08 Å². The minimum Gasteiger partial charge on any atom is -0.487 e. The molecule has 1 aliphatic heterocycles. The third-order valence-electron chi connectivity index (χ3n) is 6.01. The van der Waals surface area contributed by atoms with Crippen LogP contribution in [0.1, 0.15) is 31.9 Å². The zero-order valence-corrected chi connectivity index (χ0v) is 20.9. The number of aliphatic hydroxyl groups excluding tert-OH is 1. The lowest BCUT2D eigenvalue weighted by Gasteiger charge is -2.37. The van der Waals surface area contributed by atoms with Gasteiger partial charge in [-0.15, -0.1) is 0 Å². The molecule has 3 atom stereocenters. The van der Waals surface area contributed by atoms with E-state index in [1.54, 1.807) is 55.5 Å². The Labute approximate surface area is 201 Å². The van der Waals surface area contributed by atoms with Crippen molar-refractivity contribution in [3.8, 4) is 5.75 Å². The Hall–Kier alpha value is -2.75. The molecule has 0 fully saturated rings. The number of likely N-dealkylation sites (N-methyl/N-ethyl adjacent to an activating group) is 1. The van der Waals surface area contributed by atoms with Crippen LogP contribution in [0.4, 0.5) is 0 Å². The number of aliphatic hydroxyl groups is 1.